The number of guanidine groups is 1. The molecule has 4 fully saturated rings. The van der Waals surface area contributed by atoms with Gasteiger partial charge in [0.15, 0.2) is 5.96 Å². The van der Waals surface area contributed by atoms with E-state index in [0.29, 0.717) is 0 Å². The van der Waals surface area contributed by atoms with Gasteiger partial charge in [-0.3, -0.25) is 5.41 Å². The first-order valence-electron chi connectivity index (χ1n) is 10.5. The molecule has 4 saturated carbocycles. The average molecular weight is 374 g/mol. The Kier molecular flexibility index (Phi) is 3.25. The lowest BCUT2D eigenvalue weighted by Crippen LogP contribution is -2.63. The minimum Gasteiger partial charge on any atom is -0.495 e. The van der Waals surface area contributed by atoms with Gasteiger partial charge in [-0.2, -0.15) is 0 Å². The van der Waals surface area contributed by atoms with Gasteiger partial charge in [0.05, 0.1) is 12.8 Å². The van der Waals surface area contributed by atoms with Crippen LogP contribution in [0.4, 0.5) is 5.69 Å². The highest BCUT2D eigenvalue weighted by atomic mass is 16.5. The van der Waals surface area contributed by atoms with Gasteiger partial charge >= 0.3 is 0 Å². The maximum absolute atomic E-state index is 8.63. The second kappa shape index (κ2) is 5.53. The van der Waals surface area contributed by atoms with Crippen LogP contribution in [0.1, 0.15) is 49.7 Å². The number of methoxy groups -OCH3 is 1. The minimum absolute atomic E-state index is 0.0280. The van der Waals surface area contributed by atoms with Crippen molar-refractivity contribution in [3.63, 3.8) is 0 Å². The molecule has 28 heavy (non-hydrogen) atoms. The summed E-state index contributed by atoms with van der Waals surface area (Å²) in [7, 11) is 1.73. The van der Waals surface area contributed by atoms with E-state index in [2.05, 4.69) is 41.3 Å². The van der Waals surface area contributed by atoms with Gasteiger partial charge in [0.2, 0.25) is 0 Å². The third kappa shape index (κ3) is 2.09. The highest BCUT2D eigenvalue weighted by Crippen LogP contribution is 2.59. The zero-order chi connectivity index (χ0) is 19.0. The molecule has 0 spiro atoms. The molecule has 0 heterocycles. The lowest BCUT2D eigenvalue weighted by atomic mass is 9.52. The van der Waals surface area contributed by atoms with Crippen LogP contribution in [0.5, 0.6) is 5.75 Å². The van der Waals surface area contributed by atoms with Gasteiger partial charge in [0.1, 0.15) is 5.75 Å². The fourth-order valence-electron chi connectivity index (χ4n) is 7.29. The summed E-state index contributed by atoms with van der Waals surface area (Å²) < 4.78 is 5.89. The van der Waals surface area contributed by atoms with Crippen molar-refractivity contribution in [2.24, 2.45) is 23.5 Å². The van der Waals surface area contributed by atoms with E-state index < -0.39 is 0 Å². The number of nitrogens with one attached hydrogen (secondary N) is 1. The van der Waals surface area contributed by atoms with Crippen LogP contribution in [0.15, 0.2) is 24.3 Å². The van der Waals surface area contributed by atoms with E-state index in [9.17, 15) is 0 Å². The Morgan fingerprint density at radius 1 is 1.07 bits per heavy atom. The van der Waals surface area contributed by atoms with E-state index in [4.69, 9.17) is 15.9 Å². The van der Waals surface area contributed by atoms with Gasteiger partial charge in [0, 0.05) is 10.9 Å². The predicted octanol–water partition coefficient (Wildman–Crippen LogP) is 5.00. The van der Waals surface area contributed by atoms with Crippen LogP contribution in [-0.4, -0.2) is 18.6 Å². The smallest absolute Gasteiger partial charge is 0.193 e. The molecular weight excluding hydrogens is 346 g/mol. The van der Waals surface area contributed by atoms with Crippen LogP contribution in [0, 0.1) is 23.2 Å². The van der Waals surface area contributed by atoms with E-state index in [1.54, 1.807) is 7.11 Å². The first-order chi connectivity index (χ1) is 13.6. The van der Waals surface area contributed by atoms with Crippen molar-refractivity contribution in [2.45, 2.75) is 44.1 Å². The van der Waals surface area contributed by atoms with Crippen LogP contribution in [0.25, 0.3) is 22.9 Å². The Hall–Kier alpha value is -2.49. The molecule has 0 aromatic heterocycles. The highest BCUT2D eigenvalue weighted by molar-refractivity contribution is 6.14. The molecule has 144 valence electrons. The topological polar surface area (TPSA) is 62.3 Å². The number of ether oxygens (including phenoxy) is 1. The first kappa shape index (κ1) is 16.5. The molecule has 4 nitrogen and oxygen atoms in total. The van der Waals surface area contributed by atoms with Gasteiger partial charge < -0.3 is 15.4 Å². The van der Waals surface area contributed by atoms with Crippen molar-refractivity contribution in [2.75, 3.05) is 12.0 Å². The van der Waals surface area contributed by atoms with Crippen LogP contribution < -0.4 is 15.4 Å². The van der Waals surface area contributed by atoms with E-state index in [0.717, 1.165) is 53.8 Å². The summed E-state index contributed by atoms with van der Waals surface area (Å²) in [6.45, 7) is 0. The van der Waals surface area contributed by atoms with Crippen LogP contribution >= 0.6 is 0 Å². The second-order valence-electron chi connectivity index (χ2n) is 9.48. The molecule has 0 amide bonds. The maximum Gasteiger partial charge on any atom is 0.193 e. The Labute approximate surface area is 165 Å². The van der Waals surface area contributed by atoms with Crippen LogP contribution in [0.3, 0.4) is 0 Å². The van der Waals surface area contributed by atoms with Gasteiger partial charge in [-0.15, -0.1) is 0 Å². The molecule has 7 rings (SSSR count). The van der Waals surface area contributed by atoms with E-state index >= 15 is 0 Å². The molecule has 5 aliphatic rings. The lowest BCUT2D eigenvalue weighted by Gasteiger charge is -2.60. The second-order valence-corrected chi connectivity index (χ2v) is 9.48. The molecule has 0 atom stereocenters. The van der Waals surface area contributed by atoms with Crippen molar-refractivity contribution < 1.29 is 4.74 Å². The lowest BCUT2D eigenvalue weighted by molar-refractivity contribution is 0.00163. The monoisotopic (exact) mass is 373 g/mol. The molecule has 0 aliphatic heterocycles. The first-order valence-corrected chi connectivity index (χ1v) is 10.5. The Morgan fingerprint density at radius 2 is 1.71 bits per heavy atom. The molecule has 4 heteroatoms. The van der Waals surface area contributed by atoms with Gasteiger partial charge in [-0.05, 0) is 78.9 Å². The molecule has 0 saturated heterocycles. The van der Waals surface area contributed by atoms with Crippen molar-refractivity contribution in [1.29, 1.82) is 5.41 Å². The summed E-state index contributed by atoms with van der Waals surface area (Å²) >= 11 is 0. The van der Waals surface area contributed by atoms with E-state index in [1.165, 1.54) is 35.8 Å². The summed E-state index contributed by atoms with van der Waals surface area (Å²) in [6.07, 6.45) is 11.9. The third-order valence-corrected chi connectivity index (χ3v) is 7.77. The molecule has 4 bridgehead atoms. The molecule has 2 aromatic carbocycles. The number of hydrogen-bond donors (Lipinski definition) is 2. The third-order valence-electron chi connectivity index (χ3n) is 7.77. The van der Waals surface area contributed by atoms with Crippen molar-refractivity contribution >= 4 is 34.6 Å². The SMILES string of the molecule is COc1cc2c3c(cccc3c1N(C(=N)N)C13CC4CC(CC(C4)C1)C3)C=C2. The summed E-state index contributed by atoms with van der Waals surface area (Å²) in [4.78, 5) is 2.18. The number of benzene rings is 2. The zero-order valence-electron chi connectivity index (χ0n) is 16.4. The Bertz CT molecular complexity index is 1000. The molecule has 2 aromatic rings. The fourth-order valence-corrected chi connectivity index (χ4v) is 7.29. The van der Waals surface area contributed by atoms with Crippen LogP contribution in [0.2, 0.25) is 0 Å². The normalized spacial score (nSPS) is 31.5. The number of nitrogens with two attached hydrogens (primary N) is 1. The number of hydrogen-bond acceptors (Lipinski definition) is 2. The Balaban J connectivity index is 1.60. The van der Waals surface area contributed by atoms with Crippen molar-refractivity contribution in [3.05, 3.63) is 35.4 Å². The molecule has 3 N–H and O–H groups in total. The summed E-state index contributed by atoms with van der Waals surface area (Å²) in [6, 6.07) is 8.57. The van der Waals surface area contributed by atoms with E-state index in [-0.39, 0.29) is 11.5 Å². The van der Waals surface area contributed by atoms with Gasteiger partial charge in [-0.1, -0.05) is 30.4 Å². The van der Waals surface area contributed by atoms with Crippen LogP contribution in [-0.2, 0) is 0 Å². The molecule has 0 radical (unpaired) electrons. The summed E-state index contributed by atoms with van der Waals surface area (Å²) in [5, 5.41) is 11.0. The standard InChI is InChI=1S/C24H27N3O/c1-28-20-10-18-6-5-17-3-2-4-19(21(17)18)22(20)27(23(25)26)24-11-14-7-15(12-24)9-16(8-14)13-24/h2-6,10,14-16H,7-9,11-13H2,1H3,(H3,25,26). The zero-order valence-corrected chi connectivity index (χ0v) is 16.4. The largest absolute Gasteiger partial charge is 0.495 e. The fraction of sp³-hybridized carbons (Fsp3) is 0.458. The predicted molar refractivity (Wildman–Crippen MR) is 115 cm³/mol. The summed E-state index contributed by atoms with van der Waals surface area (Å²) in [5.74, 6) is 3.36. The molecule has 0 unspecified atom stereocenters. The maximum atomic E-state index is 8.63. The van der Waals surface area contributed by atoms with Crippen molar-refractivity contribution in [1.82, 2.24) is 0 Å². The summed E-state index contributed by atoms with van der Waals surface area (Å²) in [5.41, 5.74) is 9.74. The van der Waals surface area contributed by atoms with Gasteiger partial charge in [-0.25, -0.2) is 0 Å². The van der Waals surface area contributed by atoms with Gasteiger partial charge in [0.25, 0.3) is 0 Å². The quantitative estimate of drug-likeness (QED) is 0.502. The van der Waals surface area contributed by atoms with Crippen molar-refractivity contribution in [3.8, 4) is 5.75 Å². The Morgan fingerprint density at radius 3 is 2.32 bits per heavy atom. The number of rotatable bonds is 3. The minimum atomic E-state index is -0.0280. The van der Waals surface area contributed by atoms with E-state index in [1.807, 2.05) is 0 Å². The highest BCUT2D eigenvalue weighted by Gasteiger charge is 2.55. The molecular formula is C24H27N3O. The number of nitrogens with zero attached hydrogens (tertiary/aromatic N) is 1. The average Bonchev–Trinajstić information content (AvgIpc) is 3.06. The molecule has 5 aliphatic carbocycles. The number of anilines is 1.